The van der Waals surface area contributed by atoms with Gasteiger partial charge >= 0.3 is 0 Å². The van der Waals surface area contributed by atoms with E-state index in [4.69, 9.17) is 5.26 Å². The largest absolute Gasteiger partial charge is 0.387 e. The summed E-state index contributed by atoms with van der Waals surface area (Å²) in [6, 6.07) is 14.9. The van der Waals surface area contributed by atoms with Gasteiger partial charge in [0.1, 0.15) is 6.07 Å². The van der Waals surface area contributed by atoms with E-state index in [0.29, 0.717) is 17.9 Å². The first kappa shape index (κ1) is 12.1. The summed E-state index contributed by atoms with van der Waals surface area (Å²) in [4.78, 5) is 3.94. The van der Waals surface area contributed by atoms with Gasteiger partial charge in [-0.1, -0.05) is 30.3 Å². The van der Waals surface area contributed by atoms with Crippen molar-refractivity contribution in [2.45, 2.75) is 6.10 Å². The lowest BCUT2D eigenvalue weighted by Crippen LogP contribution is -2.13. The predicted octanol–water partition coefficient (Wildman–Crippen LogP) is 2.10. The van der Waals surface area contributed by atoms with Gasteiger partial charge in [-0.3, -0.25) is 0 Å². The van der Waals surface area contributed by atoms with Crippen molar-refractivity contribution in [2.75, 3.05) is 11.9 Å². The van der Waals surface area contributed by atoms with Crippen LogP contribution in [0.5, 0.6) is 0 Å². The van der Waals surface area contributed by atoms with Gasteiger partial charge in [-0.05, 0) is 17.7 Å². The number of anilines is 1. The second-order valence-electron chi connectivity index (χ2n) is 3.82. The highest BCUT2D eigenvalue weighted by Gasteiger charge is 2.08. The van der Waals surface area contributed by atoms with E-state index in [2.05, 4.69) is 10.3 Å². The lowest BCUT2D eigenvalue weighted by Gasteiger charge is -2.13. The Morgan fingerprint density at radius 3 is 2.72 bits per heavy atom. The normalized spacial score (nSPS) is 11.6. The fourth-order valence-corrected chi connectivity index (χ4v) is 1.64. The number of hydrogen-bond acceptors (Lipinski definition) is 4. The number of aliphatic hydroxyl groups excluding tert-OH is 1. The molecule has 18 heavy (non-hydrogen) atoms. The van der Waals surface area contributed by atoms with Crippen molar-refractivity contribution < 1.29 is 5.11 Å². The Kier molecular flexibility index (Phi) is 3.90. The van der Waals surface area contributed by atoms with Gasteiger partial charge in [-0.25, -0.2) is 4.98 Å². The minimum atomic E-state index is -0.613. The fraction of sp³-hybridized carbons (Fsp3) is 0.143. The third kappa shape index (κ3) is 2.84. The Hall–Kier alpha value is -2.38. The number of aliphatic hydroxyl groups is 1. The minimum Gasteiger partial charge on any atom is -0.387 e. The van der Waals surface area contributed by atoms with Gasteiger partial charge < -0.3 is 10.4 Å². The monoisotopic (exact) mass is 239 g/mol. The second-order valence-corrected chi connectivity index (χ2v) is 3.82. The van der Waals surface area contributed by atoms with Crippen molar-refractivity contribution in [2.24, 2.45) is 0 Å². The molecule has 2 rings (SSSR count). The lowest BCUT2D eigenvalue weighted by molar-refractivity contribution is 0.191. The number of pyridine rings is 1. The smallest absolute Gasteiger partial charge is 0.163 e. The van der Waals surface area contributed by atoms with E-state index in [1.54, 1.807) is 18.3 Å². The zero-order valence-electron chi connectivity index (χ0n) is 9.74. The molecule has 1 aromatic heterocycles. The van der Waals surface area contributed by atoms with Gasteiger partial charge in [-0.15, -0.1) is 0 Å². The van der Waals surface area contributed by atoms with E-state index in [-0.39, 0.29) is 0 Å². The second kappa shape index (κ2) is 5.80. The first-order valence-electron chi connectivity index (χ1n) is 5.63. The first-order valence-corrected chi connectivity index (χ1v) is 5.63. The summed E-state index contributed by atoms with van der Waals surface area (Å²) in [6.07, 6.45) is 0.954. The van der Waals surface area contributed by atoms with Crippen LogP contribution in [0.15, 0.2) is 48.7 Å². The summed E-state index contributed by atoms with van der Waals surface area (Å²) in [5.74, 6) is 0. The molecule has 4 heteroatoms. The van der Waals surface area contributed by atoms with E-state index in [0.717, 1.165) is 5.56 Å². The number of benzene rings is 1. The minimum absolute atomic E-state index is 0.331. The number of nitrogens with one attached hydrogen (secondary N) is 1. The molecule has 0 aliphatic carbocycles. The molecule has 0 fully saturated rings. The highest BCUT2D eigenvalue weighted by Crippen LogP contribution is 2.15. The third-order valence-corrected chi connectivity index (χ3v) is 2.58. The molecule has 4 nitrogen and oxygen atoms in total. The molecule has 1 aromatic carbocycles. The molecule has 0 saturated carbocycles. The number of nitrogens with zero attached hydrogens (tertiary/aromatic N) is 2. The summed E-state index contributed by atoms with van der Waals surface area (Å²) in [7, 11) is 0. The molecular weight excluding hydrogens is 226 g/mol. The van der Waals surface area contributed by atoms with Crippen LogP contribution in [0.1, 0.15) is 17.4 Å². The quantitative estimate of drug-likeness (QED) is 0.857. The van der Waals surface area contributed by atoms with Gasteiger partial charge in [-0.2, -0.15) is 5.26 Å². The van der Waals surface area contributed by atoms with Gasteiger partial charge in [0.2, 0.25) is 0 Å². The van der Waals surface area contributed by atoms with Crippen molar-refractivity contribution in [1.82, 2.24) is 4.98 Å². The topological polar surface area (TPSA) is 68.9 Å². The molecule has 90 valence electrons. The Morgan fingerprint density at radius 2 is 2.00 bits per heavy atom. The maximum atomic E-state index is 9.98. The van der Waals surface area contributed by atoms with Crippen LogP contribution in [0.25, 0.3) is 0 Å². The molecule has 1 heterocycles. The van der Waals surface area contributed by atoms with Crippen LogP contribution < -0.4 is 5.32 Å². The van der Waals surface area contributed by atoms with E-state index >= 15 is 0 Å². The zero-order valence-corrected chi connectivity index (χ0v) is 9.74. The molecule has 0 amide bonds. The number of aromatic nitrogens is 1. The molecule has 2 aromatic rings. The van der Waals surface area contributed by atoms with E-state index < -0.39 is 6.10 Å². The van der Waals surface area contributed by atoms with Gasteiger partial charge in [0, 0.05) is 12.7 Å². The average Bonchev–Trinajstić information content (AvgIpc) is 2.46. The highest BCUT2D eigenvalue weighted by molar-refractivity contribution is 5.53. The van der Waals surface area contributed by atoms with Crippen LogP contribution in [-0.4, -0.2) is 16.6 Å². The van der Waals surface area contributed by atoms with Crippen LogP contribution in [-0.2, 0) is 0 Å². The molecule has 0 saturated heterocycles. The highest BCUT2D eigenvalue weighted by atomic mass is 16.3. The van der Waals surface area contributed by atoms with Crippen LogP contribution in [0, 0.1) is 11.3 Å². The first-order chi connectivity index (χ1) is 8.81. The molecule has 0 radical (unpaired) electrons. The zero-order chi connectivity index (χ0) is 12.8. The van der Waals surface area contributed by atoms with Crippen LogP contribution in [0.3, 0.4) is 0 Å². The maximum Gasteiger partial charge on any atom is 0.163 e. The summed E-state index contributed by atoms with van der Waals surface area (Å²) < 4.78 is 0. The Labute approximate surface area is 106 Å². The standard InChI is InChI=1S/C14H13N3O/c15-9-13-12(7-4-8-16-13)17-10-14(18)11-5-2-1-3-6-11/h1-8,14,17-18H,10H2. The summed E-state index contributed by atoms with van der Waals surface area (Å²) in [5, 5.41) is 21.9. The summed E-state index contributed by atoms with van der Waals surface area (Å²) in [6.45, 7) is 0.338. The predicted molar refractivity (Wildman–Crippen MR) is 68.8 cm³/mol. The van der Waals surface area contributed by atoms with Crippen LogP contribution in [0.4, 0.5) is 5.69 Å². The molecule has 1 unspecified atom stereocenters. The van der Waals surface area contributed by atoms with Crippen molar-refractivity contribution in [1.29, 1.82) is 5.26 Å². The lowest BCUT2D eigenvalue weighted by atomic mass is 10.1. The fourth-order valence-electron chi connectivity index (χ4n) is 1.64. The number of hydrogen-bond donors (Lipinski definition) is 2. The van der Waals surface area contributed by atoms with Crippen molar-refractivity contribution >= 4 is 5.69 Å². The molecular formula is C14H13N3O. The van der Waals surface area contributed by atoms with Gasteiger partial charge in [0.25, 0.3) is 0 Å². The Morgan fingerprint density at radius 1 is 1.22 bits per heavy atom. The van der Waals surface area contributed by atoms with Crippen LogP contribution in [0.2, 0.25) is 0 Å². The van der Waals surface area contributed by atoms with Crippen molar-refractivity contribution in [3.63, 3.8) is 0 Å². The van der Waals surface area contributed by atoms with E-state index in [1.807, 2.05) is 36.4 Å². The van der Waals surface area contributed by atoms with Gasteiger partial charge in [0.15, 0.2) is 5.69 Å². The third-order valence-electron chi connectivity index (χ3n) is 2.58. The van der Waals surface area contributed by atoms with Gasteiger partial charge in [0.05, 0.1) is 11.8 Å². The summed E-state index contributed by atoms with van der Waals surface area (Å²) in [5.41, 5.74) is 1.81. The maximum absolute atomic E-state index is 9.98. The van der Waals surface area contributed by atoms with E-state index in [1.165, 1.54) is 0 Å². The number of nitriles is 1. The summed E-state index contributed by atoms with van der Waals surface area (Å²) >= 11 is 0. The molecule has 0 aliphatic heterocycles. The molecule has 0 aliphatic rings. The van der Waals surface area contributed by atoms with E-state index in [9.17, 15) is 5.11 Å². The molecule has 0 bridgehead atoms. The molecule has 0 spiro atoms. The SMILES string of the molecule is N#Cc1ncccc1NCC(O)c1ccccc1. The van der Waals surface area contributed by atoms with Crippen molar-refractivity contribution in [3.8, 4) is 6.07 Å². The Bertz CT molecular complexity index is 548. The average molecular weight is 239 g/mol. The van der Waals surface area contributed by atoms with Crippen LogP contribution >= 0.6 is 0 Å². The number of rotatable bonds is 4. The molecule has 2 N–H and O–H groups in total. The molecule has 1 atom stereocenters. The van der Waals surface area contributed by atoms with Crippen molar-refractivity contribution in [3.05, 3.63) is 59.9 Å². The Balaban J connectivity index is 2.02.